The van der Waals surface area contributed by atoms with Crippen molar-refractivity contribution in [3.8, 4) is 5.75 Å². The Hall–Kier alpha value is -2.97. The van der Waals surface area contributed by atoms with Crippen molar-refractivity contribution in [3.63, 3.8) is 0 Å². The third kappa shape index (κ3) is 6.51. The van der Waals surface area contributed by atoms with Gasteiger partial charge in [0.25, 0.3) is 15.9 Å². The number of carbonyl (C=O) groups excluding carboxylic acids is 1. The molecule has 0 spiro atoms. The molecule has 1 amide bonds. The van der Waals surface area contributed by atoms with E-state index in [0.717, 1.165) is 16.0 Å². The van der Waals surface area contributed by atoms with Crippen LogP contribution in [0.25, 0.3) is 0 Å². The fraction of sp³-hybridized carbons (Fsp3) is 0.208. The van der Waals surface area contributed by atoms with Gasteiger partial charge < -0.3 is 10.1 Å². The van der Waals surface area contributed by atoms with Crippen LogP contribution in [0.2, 0.25) is 0 Å². The van der Waals surface area contributed by atoms with E-state index in [1.54, 1.807) is 23.9 Å². The van der Waals surface area contributed by atoms with Gasteiger partial charge in [-0.3, -0.25) is 9.52 Å². The molecule has 168 valence electrons. The molecule has 0 heterocycles. The van der Waals surface area contributed by atoms with Crippen LogP contribution in [-0.4, -0.2) is 27.2 Å². The Bertz CT molecular complexity index is 1140. The van der Waals surface area contributed by atoms with E-state index in [1.165, 1.54) is 24.3 Å². The van der Waals surface area contributed by atoms with E-state index >= 15 is 0 Å². The van der Waals surface area contributed by atoms with Gasteiger partial charge in [0, 0.05) is 10.6 Å². The summed E-state index contributed by atoms with van der Waals surface area (Å²) in [4.78, 5) is 13.5. The lowest BCUT2D eigenvalue weighted by Crippen LogP contribution is -2.31. The number of nitrogens with one attached hydrogen (secondary N) is 2. The van der Waals surface area contributed by atoms with Gasteiger partial charge in [-0.2, -0.15) is 0 Å². The summed E-state index contributed by atoms with van der Waals surface area (Å²) in [6, 6.07) is 20.9. The van der Waals surface area contributed by atoms with Crippen LogP contribution in [0.3, 0.4) is 0 Å². The highest BCUT2D eigenvalue weighted by Crippen LogP contribution is 2.21. The van der Waals surface area contributed by atoms with Crippen molar-refractivity contribution in [2.45, 2.75) is 29.7 Å². The number of benzene rings is 3. The lowest BCUT2D eigenvalue weighted by atomic mass is 10.1. The molecule has 0 saturated carbocycles. The zero-order valence-electron chi connectivity index (χ0n) is 18.2. The van der Waals surface area contributed by atoms with E-state index in [-0.39, 0.29) is 23.5 Å². The quantitative estimate of drug-likeness (QED) is 0.440. The Balaban J connectivity index is 1.53. The third-order valence-electron chi connectivity index (χ3n) is 4.80. The minimum absolute atomic E-state index is 0.109. The van der Waals surface area contributed by atoms with E-state index in [4.69, 9.17) is 4.74 Å². The minimum Gasteiger partial charge on any atom is -0.484 e. The summed E-state index contributed by atoms with van der Waals surface area (Å²) in [5.74, 6) is 0.149. The lowest BCUT2D eigenvalue weighted by Gasteiger charge is -2.15. The molecule has 0 aromatic heterocycles. The summed E-state index contributed by atoms with van der Waals surface area (Å²) in [6.45, 7) is 3.68. The average Bonchev–Trinajstić information content (AvgIpc) is 2.79. The van der Waals surface area contributed by atoms with Crippen molar-refractivity contribution < 1.29 is 17.9 Å². The van der Waals surface area contributed by atoms with Crippen LogP contribution in [0.4, 0.5) is 5.69 Å². The first-order chi connectivity index (χ1) is 15.3. The van der Waals surface area contributed by atoms with Crippen molar-refractivity contribution in [2.24, 2.45) is 0 Å². The highest BCUT2D eigenvalue weighted by molar-refractivity contribution is 7.98. The van der Waals surface area contributed by atoms with Crippen LogP contribution >= 0.6 is 11.8 Å². The van der Waals surface area contributed by atoms with Crippen molar-refractivity contribution in [1.82, 2.24) is 5.32 Å². The van der Waals surface area contributed by atoms with Gasteiger partial charge in [-0.05, 0) is 74.2 Å². The standard InChI is InChI=1S/C24H26N2O4S2/c1-17-4-8-20(9-5-17)26-32(28,29)23-14-10-21(11-15-23)30-16-24(27)25-18(2)19-6-12-22(31-3)13-7-19/h4-15,18,26H,16H2,1-3H3,(H,25,27)/t18-/m1/s1. The van der Waals surface area contributed by atoms with Gasteiger partial charge in [0.15, 0.2) is 6.61 Å². The Labute approximate surface area is 193 Å². The third-order valence-corrected chi connectivity index (χ3v) is 6.94. The number of rotatable bonds is 9. The first-order valence-electron chi connectivity index (χ1n) is 10.0. The van der Waals surface area contributed by atoms with Crippen LogP contribution in [0.1, 0.15) is 24.1 Å². The molecular formula is C24H26N2O4S2. The van der Waals surface area contributed by atoms with Gasteiger partial charge in [0.1, 0.15) is 5.75 Å². The second-order valence-electron chi connectivity index (χ2n) is 7.29. The monoisotopic (exact) mass is 470 g/mol. The summed E-state index contributed by atoms with van der Waals surface area (Å²) >= 11 is 1.66. The normalized spacial score (nSPS) is 12.1. The zero-order valence-corrected chi connectivity index (χ0v) is 19.8. The van der Waals surface area contributed by atoms with Crippen molar-refractivity contribution in [1.29, 1.82) is 0 Å². The van der Waals surface area contributed by atoms with Crippen molar-refractivity contribution >= 4 is 33.4 Å². The lowest BCUT2D eigenvalue weighted by molar-refractivity contribution is -0.123. The summed E-state index contributed by atoms with van der Waals surface area (Å²) in [5, 5.41) is 2.89. The van der Waals surface area contributed by atoms with E-state index in [2.05, 4.69) is 10.0 Å². The topological polar surface area (TPSA) is 84.5 Å². The maximum absolute atomic E-state index is 12.5. The molecule has 1 atom stereocenters. The van der Waals surface area contributed by atoms with Crippen molar-refractivity contribution in [2.75, 3.05) is 17.6 Å². The number of anilines is 1. The average molecular weight is 471 g/mol. The predicted molar refractivity (Wildman–Crippen MR) is 129 cm³/mol. The molecule has 0 aliphatic heterocycles. The summed E-state index contributed by atoms with van der Waals surface area (Å²) in [7, 11) is -3.71. The number of thioether (sulfide) groups is 1. The number of sulfonamides is 1. The van der Waals surface area contributed by atoms with Crippen LogP contribution in [-0.2, 0) is 14.8 Å². The van der Waals surface area contributed by atoms with E-state index in [0.29, 0.717) is 11.4 Å². The van der Waals surface area contributed by atoms with E-state index < -0.39 is 10.0 Å². The van der Waals surface area contributed by atoms with Crippen LogP contribution < -0.4 is 14.8 Å². The molecule has 2 N–H and O–H groups in total. The molecule has 6 nitrogen and oxygen atoms in total. The molecule has 0 fully saturated rings. The van der Waals surface area contributed by atoms with Gasteiger partial charge in [0.2, 0.25) is 0 Å². The molecule has 0 unspecified atom stereocenters. The number of amides is 1. The van der Waals surface area contributed by atoms with Gasteiger partial charge in [-0.25, -0.2) is 8.42 Å². The molecule has 3 aromatic rings. The Morgan fingerprint density at radius 2 is 1.59 bits per heavy atom. The Morgan fingerprint density at radius 1 is 0.969 bits per heavy atom. The number of hydrogen-bond acceptors (Lipinski definition) is 5. The molecule has 0 aliphatic carbocycles. The fourth-order valence-electron chi connectivity index (χ4n) is 2.96. The summed E-state index contributed by atoms with van der Waals surface area (Å²) in [6.07, 6.45) is 2.01. The predicted octanol–water partition coefficient (Wildman–Crippen LogP) is 4.77. The molecule has 8 heteroatoms. The molecule has 0 saturated heterocycles. The summed E-state index contributed by atoms with van der Waals surface area (Å²) < 4.78 is 33.1. The molecule has 32 heavy (non-hydrogen) atoms. The van der Waals surface area contributed by atoms with Crippen LogP contribution in [0.5, 0.6) is 5.75 Å². The maximum atomic E-state index is 12.5. The van der Waals surface area contributed by atoms with Crippen LogP contribution in [0.15, 0.2) is 82.6 Å². The van der Waals surface area contributed by atoms with Gasteiger partial charge in [-0.15, -0.1) is 11.8 Å². The molecule has 0 radical (unpaired) electrons. The van der Waals surface area contributed by atoms with E-state index in [1.807, 2.05) is 56.5 Å². The summed E-state index contributed by atoms with van der Waals surface area (Å²) in [5.41, 5.74) is 2.54. The molecule has 3 aromatic carbocycles. The first-order valence-corrected chi connectivity index (χ1v) is 12.7. The van der Waals surface area contributed by atoms with Gasteiger partial charge in [0.05, 0.1) is 10.9 Å². The second-order valence-corrected chi connectivity index (χ2v) is 9.86. The van der Waals surface area contributed by atoms with Crippen LogP contribution in [0, 0.1) is 6.92 Å². The largest absolute Gasteiger partial charge is 0.484 e. The number of hydrogen-bond donors (Lipinski definition) is 2. The molecule has 3 rings (SSSR count). The Kier molecular flexibility index (Phi) is 7.82. The van der Waals surface area contributed by atoms with Gasteiger partial charge in [-0.1, -0.05) is 29.8 Å². The van der Waals surface area contributed by atoms with E-state index in [9.17, 15) is 13.2 Å². The Morgan fingerprint density at radius 3 is 2.19 bits per heavy atom. The molecular weight excluding hydrogens is 444 g/mol. The highest BCUT2D eigenvalue weighted by Gasteiger charge is 2.15. The smallest absolute Gasteiger partial charge is 0.261 e. The molecule has 0 aliphatic rings. The molecule has 0 bridgehead atoms. The number of ether oxygens (including phenoxy) is 1. The van der Waals surface area contributed by atoms with Crippen molar-refractivity contribution in [3.05, 3.63) is 83.9 Å². The number of aryl methyl sites for hydroxylation is 1. The zero-order chi connectivity index (χ0) is 23.1. The highest BCUT2D eigenvalue weighted by atomic mass is 32.2. The fourth-order valence-corrected chi connectivity index (χ4v) is 4.43. The first kappa shape index (κ1) is 23.7. The minimum atomic E-state index is -3.71. The van der Waals surface area contributed by atoms with Gasteiger partial charge >= 0.3 is 0 Å². The second kappa shape index (κ2) is 10.6. The maximum Gasteiger partial charge on any atom is 0.261 e. The SMILES string of the molecule is CSc1ccc([C@@H](C)NC(=O)COc2ccc(S(=O)(=O)Nc3ccc(C)cc3)cc2)cc1. The number of carbonyl (C=O) groups is 1.